The second-order valence-corrected chi connectivity index (χ2v) is 3.73. The molecule has 2 aromatic rings. The first-order valence-electron chi connectivity index (χ1n) is 2.94. The molecule has 58 valence electrons. The van der Waals surface area contributed by atoms with Crippen LogP contribution in [0.5, 0.6) is 0 Å². The summed E-state index contributed by atoms with van der Waals surface area (Å²) in [6.07, 6.45) is 0. The Balaban J connectivity index is 0.000000605. The van der Waals surface area contributed by atoms with Crippen molar-refractivity contribution in [2.75, 3.05) is 0 Å². The van der Waals surface area contributed by atoms with Crippen LogP contribution >= 0.6 is 23.6 Å². The van der Waals surface area contributed by atoms with Crippen molar-refractivity contribution in [3.05, 3.63) is 28.2 Å². The molecule has 1 aromatic heterocycles. The van der Waals surface area contributed by atoms with Crippen molar-refractivity contribution in [2.24, 2.45) is 0 Å². The van der Waals surface area contributed by atoms with Crippen LogP contribution in [0.1, 0.15) is 0 Å². The van der Waals surface area contributed by atoms with Crippen molar-refractivity contribution in [3.63, 3.8) is 0 Å². The summed E-state index contributed by atoms with van der Waals surface area (Å²) < 4.78 is 2.08. The summed E-state index contributed by atoms with van der Waals surface area (Å²) in [5.41, 5.74) is 1.14. The first kappa shape index (κ1) is 12.5. The van der Waals surface area contributed by atoms with Crippen molar-refractivity contribution in [1.29, 1.82) is 0 Å². The number of hydrogen-bond donors (Lipinski definition) is 1. The summed E-state index contributed by atoms with van der Waals surface area (Å²) in [4.78, 5) is 3.09. The van der Waals surface area contributed by atoms with Gasteiger partial charge < -0.3 is 10.5 Å². The van der Waals surface area contributed by atoms with Crippen LogP contribution < -0.4 is 0 Å². The van der Waals surface area contributed by atoms with Gasteiger partial charge in [0.2, 0.25) is 0 Å². The summed E-state index contributed by atoms with van der Waals surface area (Å²) in [7, 11) is 0. The molecule has 0 unspecified atom stereocenters. The standard InChI is InChI=1S/C7H5NS2.Ca.O/c9-7-8-5-3-1-2-4-6(5)10-7;;/h1-4H,(H,8,9);;/q;+2;-2. The van der Waals surface area contributed by atoms with Crippen LogP contribution in [-0.4, -0.2) is 42.7 Å². The molecule has 0 atom stereocenters. The number of rotatable bonds is 0. The summed E-state index contributed by atoms with van der Waals surface area (Å²) in [5.74, 6) is 0. The average Bonchev–Trinajstić information content (AvgIpc) is 2.27. The number of aromatic amines is 1. The van der Waals surface area contributed by atoms with Gasteiger partial charge in [0.05, 0.1) is 10.2 Å². The Morgan fingerprint density at radius 1 is 1.25 bits per heavy atom. The van der Waals surface area contributed by atoms with Crippen molar-refractivity contribution in [1.82, 2.24) is 4.98 Å². The molecule has 1 N–H and O–H groups in total. The molecule has 1 aromatic carbocycles. The van der Waals surface area contributed by atoms with Crippen molar-refractivity contribution < 1.29 is 5.48 Å². The van der Waals surface area contributed by atoms with Gasteiger partial charge >= 0.3 is 37.7 Å². The number of para-hydroxylation sites is 1. The molecule has 0 radical (unpaired) electrons. The first-order chi connectivity index (χ1) is 4.86. The molecule has 2 rings (SSSR count). The Labute approximate surface area is 109 Å². The smallest absolute Gasteiger partial charge is 2.00 e. The molecule has 0 bridgehead atoms. The fourth-order valence-corrected chi connectivity index (χ4v) is 2.01. The minimum atomic E-state index is 0. The molecule has 0 fully saturated rings. The van der Waals surface area contributed by atoms with E-state index >= 15 is 0 Å². The number of benzene rings is 1. The third kappa shape index (κ3) is 2.52. The van der Waals surface area contributed by atoms with Crippen LogP contribution in [0.15, 0.2) is 24.3 Å². The molecule has 12 heavy (non-hydrogen) atoms. The Bertz CT molecular complexity index is 373. The third-order valence-corrected chi connectivity index (χ3v) is 2.54. The normalized spacial score (nSPS) is 8.67. The van der Waals surface area contributed by atoms with Gasteiger partial charge in [-0.25, -0.2) is 0 Å². The van der Waals surface area contributed by atoms with E-state index in [1.165, 1.54) is 4.70 Å². The molecule has 2 nitrogen and oxygen atoms in total. The van der Waals surface area contributed by atoms with E-state index in [2.05, 4.69) is 11.1 Å². The van der Waals surface area contributed by atoms with Gasteiger partial charge in [0.25, 0.3) is 0 Å². The summed E-state index contributed by atoms with van der Waals surface area (Å²) in [5, 5.41) is 0. The summed E-state index contributed by atoms with van der Waals surface area (Å²) in [6, 6.07) is 8.11. The maximum Gasteiger partial charge on any atom is 2.00 e. The summed E-state index contributed by atoms with van der Waals surface area (Å²) >= 11 is 6.59. The molecule has 0 spiro atoms. The number of fused-ring (bicyclic) bond motifs is 1. The molecule has 0 aliphatic rings. The van der Waals surface area contributed by atoms with Crippen LogP contribution in [-0.2, 0) is 5.48 Å². The molecule has 1 heterocycles. The van der Waals surface area contributed by atoms with Crippen molar-refractivity contribution in [3.8, 4) is 0 Å². The second kappa shape index (κ2) is 5.32. The van der Waals surface area contributed by atoms with E-state index < -0.39 is 0 Å². The van der Waals surface area contributed by atoms with Gasteiger partial charge in [-0.05, 0) is 24.4 Å². The van der Waals surface area contributed by atoms with Crippen LogP contribution in [0.2, 0.25) is 0 Å². The maximum atomic E-state index is 4.98. The van der Waals surface area contributed by atoms with Gasteiger partial charge in [0, 0.05) is 0 Å². The monoisotopic (exact) mass is 223 g/mol. The Kier molecular flexibility index (Phi) is 5.56. The Morgan fingerprint density at radius 3 is 2.58 bits per heavy atom. The zero-order valence-corrected chi connectivity index (χ0v) is 10.1. The van der Waals surface area contributed by atoms with Gasteiger partial charge in [0.1, 0.15) is 0 Å². The molecule has 0 aliphatic carbocycles. The fourth-order valence-electron chi connectivity index (χ4n) is 0.894. The van der Waals surface area contributed by atoms with Gasteiger partial charge in [-0.1, -0.05) is 12.1 Å². The quantitative estimate of drug-likeness (QED) is 0.541. The van der Waals surface area contributed by atoms with E-state index in [-0.39, 0.29) is 43.2 Å². The van der Waals surface area contributed by atoms with E-state index in [0.29, 0.717) is 0 Å². The van der Waals surface area contributed by atoms with E-state index in [9.17, 15) is 0 Å². The number of thiazole rings is 1. The molecular weight excluding hydrogens is 218 g/mol. The summed E-state index contributed by atoms with van der Waals surface area (Å²) in [6.45, 7) is 0. The van der Waals surface area contributed by atoms with Crippen LogP contribution in [0.3, 0.4) is 0 Å². The SMILES string of the molecule is S=c1[nH]c2ccccc2s1.[Ca+2].[O-2]. The minimum absolute atomic E-state index is 0. The number of H-pyrrole nitrogens is 1. The second-order valence-electron chi connectivity index (χ2n) is 2.01. The molecule has 0 aliphatic heterocycles. The molecule has 0 saturated carbocycles. The van der Waals surface area contributed by atoms with E-state index in [0.717, 1.165) is 9.47 Å². The Morgan fingerprint density at radius 2 is 1.92 bits per heavy atom. The first-order valence-corrected chi connectivity index (χ1v) is 4.16. The average molecular weight is 223 g/mol. The molecular formula is C7H5CaNOS2. The zero-order valence-electron chi connectivity index (χ0n) is 6.24. The number of hydrogen-bond acceptors (Lipinski definition) is 2. The minimum Gasteiger partial charge on any atom is -2.00 e. The van der Waals surface area contributed by atoms with Gasteiger partial charge in [-0.3, -0.25) is 0 Å². The topological polar surface area (TPSA) is 44.3 Å². The van der Waals surface area contributed by atoms with E-state index in [1.807, 2.05) is 18.2 Å². The molecule has 5 heteroatoms. The maximum absolute atomic E-state index is 4.98. The third-order valence-electron chi connectivity index (χ3n) is 1.33. The van der Waals surface area contributed by atoms with Crippen LogP contribution in [0, 0.1) is 3.95 Å². The van der Waals surface area contributed by atoms with Gasteiger partial charge in [-0.2, -0.15) is 0 Å². The van der Waals surface area contributed by atoms with Crippen molar-refractivity contribution in [2.45, 2.75) is 0 Å². The largest absolute Gasteiger partial charge is 2.00 e. The fraction of sp³-hybridized carbons (Fsp3) is 0. The molecule has 0 amide bonds. The van der Waals surface area contributed by atoms with Crippen LogP contribution in [0.25, 0.3) is 10.2 Å². The van der Waals surface area contributed by atoms with E-state index in [4.69, 9.17) is 12.2 Å². The predicted octanol–water partition coefficient (Wildman–Crippen LogP) is 2.46. The van der Waals surface area contributed by atoms with E-state index in [1.54, 1.807) is 11.3 Å². The Hall–Kier alpha value is 0.550. The zero-order chi connectivity index (χ0) is 6.97. The number of nitrogens with one attached hydrogen (secondary N) is 1. The number of aromatic nitrogens is 1. The molecule has 0 saturated heterocycles. The predicted molar refractivity (Wildman–Crippen MR) is 53.5 cm³/mol. The van der Waals surface area contributed by atoms with Gasteiger partial charge in [0.15, 0.2) is 3.95 Å². The van der Waals surface area contributed by atoms with Gasteiger partial charge in [-0.15, -0.1) is 11.3 Å². The van der Waals surface area contributed by atoms with Crippen molar-refractivity contribution >= 4 is 71.5 Å². The van der Waals surface area contributed by atoms with Crippen LogP contribution in [0.4, 0.5) is 0 Å².